The summed E-state index contributed by atoms with van der Waals surface area (Å²) < 4.78 is 10.8. The minimum atomic E-state index is -0.897. The van der Waals surface area contributed by atoms with Crippen molar-refractivity contribution in [3.63, 3.8) is 0 Å². The molecule has 6 heteroatoms. The second-order valence-electron chi connectivity index (χ2n) is 4.51. The maximum Gasteiger partial charge on any atom is 0.491 e. The van der Waals surface area contributed by atoms with Crippen molar-refractivity contribution in [3.8, 4) is 11.5 Å². The van der Waals surface area contributed by atoms with Gasteiger partial charge in [-0.25, -0.2) is 0 Å². The number of hydrogen-bond donors (Lipinski definition) is 2. The quantitative estimate of drug-likeness (QED) is 0.807. The molecular formula is C14H12BNO4. The second-order valence-corrected chi connectivity index (χ2v) is 4.51. The topological polar surface area (TPSA) is 81.8 Å². The summed E-state index contributed by atoms with van der Waals surface area (Å²) in [5, 5.41) is 9.64. The van der Waals surface area contributed by atoms with Crippen molar-refractivity contribution in [2.45, 2.75) is 6.61 Å². The SMILES string of the molecule is NC(=O)c1ccc(Oc2ccc3c(c2)B(O)OC3)cc1. The molecule has 5 nitrogen and oxygen atoms in total. The third-order valence-electron chi connectivity index (χ3n) is 3.15. The van der Waals surface area contributed by atoms with Crippen molar-refractivity contribution in [2.24, 2.45) is 5.73 Å². The summed E-state index contributed by atoms with van der Waals surface area (Å²) in [6.45, 7) is 0.407. The minimum Gasteiger partial charge on any atom is -0.457 e. The lowest BCUT2D eigenvalue weighted by molar-refractivity contribution is 0.100. The Kier molecular flexibility index (Phi) is 3.18. The lowest BCUT2D eigenvalue weighted by atomic mass is 9.79. The van der Waals surface area contributed by atoms with Crippen molar-refractivity contribution in [3.05, 3.63) is 53.6 Å². The fourth-order valence-corrected chi connectivity index (χ4v) is 2.08. The van der Waals surface area contributed by atoms with Crippen LogP contribution in [0.1, 0.15) is 15.9 Å². The highest BCUT2D eigenvalue weighted by atomic mass is 16.5. The molecule has 0 radical (unpaired) electrons. The van der Waals surface area contributed by atoms with Crippen LogP contribution in [-0.4, -0.2) is 18.0 Å². The van der Waals surface area contributed by atoms with Crippen LogP contribution in [0.25, 0.3) is 0 Å². The van der Waals surface area contributed by atoms with Crippen LogP contribution in [0.4, 0.5) is 0 Å². The maximum atomic E-state index is 11.0. The van der Waals surface area contributed by atoms with E-state index in [0.29, 0.717) is 23.7 Å². The Bertz CT molecular complexity index is 657. The smallest absolute Gasteiger partial charge is 0.457 e. The predicted octanol–water partition coefficient (Wildman–Crippen LogP) is 0.795. The molecule has 3 rings (SSSR count). The fourth-order valence-electron chi connectivity index (χ4n) is 2.08. The summed E-state index contributed by atoms with van der Waals surface area (Å²) in [5.41, 5.74) is 7.27. The van der Waals surface area contributed by atoms with E-state index in [4.69, 9.17) is 15.1 Å². The summed E-state index contributed by atoms with van der Waals surface area (Å²) in [7, 11) is -0.897. The Morgan fingerprint density at radius 2 is 1.90 bits per heavy atom. The molecule has 100 valence electrons. The fraction of sp³-hybridized carbons (Fsp3) is 0.0714. The van der Waals surface area contributed by atoms with Crippen molar-refractivity contribution in [1.29, 1.82) is 0 Å². The van der Waals surface area contributed by atoms with Crippen LogP contribution >= 0.6 is 0 Å². The van der Waals surface area contributed by atoms with Crippen LogP contribution < -0.4 is 15.9 Å². The van der Waals surface area contributed by atoms with Gasteiger partial charge in [0.05, 0.1) is 6.61 Å². The predicted molar refractivity (Wildman–Crippen MR) is 73.9 cm³/mol. The molecule has 0 atom stereocenters. The molecule has 3 N–H and O–H groups in total. The molecular weight excluding hydrogens is 257 g/mol. The monoisotopic (exact) mass is 269 g/mol. The number of carbonyl (C=O) groups is 1. The number of rotatable bonds is 3. The van der Waals surface area contributed by atoms with Crippen molar-refractivity contribution < 1.29 is 19.2 Å². The van der Waals surface area contributed by atoms with Gasteiger partial charge in [0.2, 0.25) is 5.91 Å². The van der Waals surface area contributed by atoms with E-state index in [1.54, 1.807) is 30.3 Å². The zero-order valence-electron chi connectivity index (χ0n) is 10.6. The average molecular weight is 269 g/mol. The number of ether oxygens (including phenoxy) is 1. The number of fused-ring (bicyclic) bond motifs is 1. The van der Waals surface area contributed by atoms with Crippen LogP contribution in [0.3, 0.4) is 0 Å². The number of benzene rings is 2. The maximum absolute atomic E-state index is 11.0. The lowest BCUT2D eigenvalue weighted by Crippen LogP contribution is -2.27. The van der Waals surface area contributed by atoms with Gasteiger partial charge in [-0.05, 0) is 47.4 Å². The zero-order chi connectivity index (χ0) is 14.1. The van der Waals surface area contributed by atoms with Gasteiger partial charge in [0, 0.05) is 5.56 Å². The standard InChI is InChI=1S/C14H12BNO4/c16-14(17)9-1-4-11(5-2-9)20-12-6-3-10-8-19-15(18)13(10)7-12/h1-7,18H,8H2,(H2,16,17). The van der Waals surface area contributed by atoms with Crippen molar-refractivity contribution in [1.82, 2.24) is 0 Å². The molecule has 2 aromatic carbocycles. The molecule has 0 fully saturated rings. The highest BCUT2D eigenvalue weighted by molar-refractivity contribution is 6.61. The van der Waals surface area contributed by atoms with Crippen molar-refractivity contribution >= 4 is 18.5 Å². The van der Waals surface area contributed by atoms with Gasteiger partial charge in [-0.15, -0.1) is 0 Å². The first-order valence-electron chi connectivity index (χ1n) is 6.14. The van der Waals surface area contributed by atoms with Gasteiger partial charge in [0.1, 0.15) is 11.5 Å². The van der Waals surface area contributed by atoms with E-state index in [9.17, 15) is 9.82 Å². The Balaban J connectivity index is 1.81. The molecule has 0 unspecified atom stereocenters. The molecule has 0 saturated heterocycles. The highest BCUT2D eigenvalue weighted by Gasteiger charge is 2.27. The molecule has 2 aromatic rings. The van der Waals surface area contributed by atoms with E-state index in [1.807, 2.05) is 12.1 Å². The largest absolute Gasteiger partial charge is 0.491 e. The number of carbonyl (C=O) groups excluding carboxylic acids is 1. The van der Waals surface area contributed by atoms with Gasteiger partial charge in [0.15, 0.2) is 0 Å². The molecule has 0 saturated carbocycles. The van der Waals surface area contributed by atoms with Crippen LogP contribution in [0.5, 0.6) is 11.5 Å². The first-order valence-corrected chi connectivity index (χ1v) is 6.14. The van der Waals surface area contributed by atoms with E-state index in [-0.39, 0.29) is 0 Å². The molecule has 1 aliphatic heterocycles. The van der Waals surface area contributed by atoms with Crippen LogP contribution in [0.15, 0.2) is 42.5 Å². The second kappa shape index (κ2) is 4.99. The van der Waals surface area contributed by atoms with Crippen molar-refractivity contribution in [2.75, 3.05) is 0 Å². The van der Waals surface area contributed by atoms with Gasteiger partial charge in [-0.3, -0.25) is 4.79 Å². The van der Waals surface area contributed by atoms with Gasteiger partial charge in [0.25, 0.3) is 0 Å². The first kappa shape index (κ1) is 12.7. The van der Waals surface area contributed by atoms with Crippen LogP contribution in [0.2, 0.25) is 0 Å². The molecule has 1 aliphatic rings. The summed E-state index contributed by atoms with van der Waals surface area (Å²) in [6.07, 6.45) is 0. The Hall–Kier alpha value is -2.31. The van der Waals surface area contributed by atoms with Crippen LogP contribution in [-0.2, 0) is 11.3 Å². The van der Waals surface area contributed by atoms with Gasteiger partial charge in [-0.2, -0.15) is 0 Å². The third-order valence-corrected chi connectivity index (χ3v) is 3.15. The Labute approximate surface area is 116 Å². The molecule has 0 aliphatic carbocycles. The van der Waals surface area contributed by atoms with Gasteiger partial charge < -0.3 is 20.1 Å². The number of nitrogens with two attached hydrogens (primary N) is 1. The summed E-state index contributed by atoms with van der Waals surface area (Å²) in [4.78, 5) is 11.0. The van der Waals surface area contributed by atoms with E-state index in [2.05, 4.69) is 0 Å². The van der Waals surface area contributed by atoms with E-state index < -0.39 is 13.0 Å². The van der Waals surface area contributed by atoms with Gasteiger partial charge in [-0.1, -0.05) is 6.07 Å². The highest BCUT2D eigenvalue weighted by Crippen LogP contribution is 2.23. The van der Waals surface area contributed by atoms with E-state index in [0.717, 1.165) is 11.0 Å². The van der Waals surface area contributed by atoms with E-state index in [1.165, 1.54) is 0 Å². The number of amides is 1. The summed E-state index contributed by atoms with van der Waals surface area (Å²) in [5.74, 6) is 0.706. The van der Waals surface area contributed by atoms with Gasteiger partial charge >= 0.3 is 7.12 Å². The number of hydrogen-bond acceptors (Lipinski definition) is 4. The number of primary amides is 1. The van der Waals surface area contributed by atoms with Crippen LogP contribution in [0, 0.1) is 0 Å². The molecule has 0 aromatic heterocycles. The average Bonchev–Trinajstić information content (AvgIpc) is 2.81. The molecule has 0 spiro atoms. The minimum absolute atomic E-state index is 0.407. The molecule has 0 bridgehead atoms. The Morgan fingerprint density at radius 3 is 2.60 bits per heavy atom. The molecule has 1 heterocycles. The lowest BCUT2D eigenvalue weighted by Gasteiger charge is -2.08. The van der Waals surface area contributed by atoms with E-state index >= 15 is 0 Å². The molecule has 20 heavy (non-hydrogen) atoms. The Morgan fingerprint density at radius 1 is 1.20 bits per heavy atom. The zero-order valence-corrected chi connectivity index (χ0v) is 10.6. The normalized spacial score (nSPS) is 13.2. The summed E-state index contributed by atoms with van der Waals surface area (Å²) >= 11 is 0. The third kappa shape index (κ3) is 2.39. The first-order chi connectivity index (χ1) is 9.63. The summed E-state index contributed by atoms with van der Waals surface area (Å²) in [6, 6.07) is 11.9. The molecule has 1 amide bonds.